The zero-order valence-corrected chi connectivity index (χ0v) is 9.40. The summed E-state index contributed by atoms with van der Waals surface area (Å²) >= 11 is 0. The van der Waals surface area contributed by atoms with Crippen molar-refractivity contribution in [2.24, 2.45) is 0 Å². The molecule has 0 spiro atoms. The summed E-state index contributed by atoms with van der Waals surface area (Å²) in [6, 6.07) is 0.0812. The lowest BCUT2D eigenvalue weighted by molar-refractivity contribution is 0.0519. The van der Waals surface area contributed by atoms with E-state index < -0.39 is 5.97 Å². The number of anilines is 1. The van der Waals surface area contributed by atoms with Gasteiger partial charge < -0.3 is 19.6 Å². The van der Waals surface area contributed by atoms with Gasteiger partial charge in [0.05, 0.1) is 19.3 Å². The first-order chi connectivity index (χ1) is 7.71. The number of carbonyl (C=O) groups excluding carboxylic acids is 1. The first-order valence-corrected chi connectivity index (χ1v) is 5.21. The van der Waals surface area contributed by atoms with Crippen molar-refractivity contribution in [1.82, 2.24) is 4.98 Å². The molecule has 6 nitrogen and oxygen atoms in total. The van der Waals surface area contributed by atoms with E-state index in [0.717, 1.165) is 6.42 Å². The Labute approximate surface area is 93.6 Å². The first kappa shape index (κ1) is 12.5. The highest BCUT2D eigenvalue weighted by atomic mass is 16.5. The lowest BCUT2D eigenvalue weighted by Crippen LogP contribution is -2.22. The quantitative estimate of drug-likeness (QED) is 0.707. The summed E-state index contributed by atoms with van der Waals surface area (Å²) in [4.78, 5) is 15.2. The molecule has 0 aromatic carbocycles. The van der Waals surface area contributed by atoms with Crippen molar-refractivity contribution in [1.29, 1.82) is 0 Å². The minimum atomic E-state index is -0.517. The SMILES string of the molecule is CCOC(=O)c1coc(NC(CC)CO)n1. The van der Waals surface area contributed by atoms with Gasteiger partial charge in [-0.05, 0) is 13.3 Å². The van der Waals surface area contributed by atoms with E-state index in [4.69, 9.17) is 14.3 Å². The van der Waals surface area contributed by atoms with Crippen LogP contribution in [0.3, 0.4) is 0 Å². The maximum absolute atomic E-state index is 11.3. The second kappa shape index (κ2) is 6.12. The summed E-state index contributed by atoms with van der Waals surface area (Å²) in [5, 5.41) is 11.8. The largest absolute Gasteiger partial charge is 0.461 e. The lowest BCUT2D eigenvalue weighted by Gasteiger charge is -2.10. The number of hydrogen-bond acceptors (Lipinski definition) is 6. The number of esters is 1. The van der Waals surface area contributed by atoms with E-state index in [2.05, 4.69) is 10.3 Å². The average molecular weight is 228 g/mol. The van der Waals surface area contributed by atoms with Crippen LogP contribution in [0.4, 0.5) is 6.01 Å². The van der Waals surface area contributed by atoms with Crippen molar-refractivity contribution in [3.8, 4) is 0 Å². The van der Waals surface area contributed by atoms with Crippen molar-refractivity contribution in [3.05, 3.63) is 12.0 Å². The molecule has 1 rings (SSSR count). The molecule has 1 aromatic heterocycles. The minimum Gasteiger partial charge on any atom is -0.461 e. The highest BCUT2D eigenvalue weighted by molar-refractivity contribution is 5.87. The number of nitrogens with one attached hydrogen (secondary N) is 1. The molecular weight excluding hydrogens is 212 g/mol. The summed E-state index contributed by atoms with van der Waals surface area (Å²) in [5.74, 6) is -0.517. The van der Waals surface area contributed by atoms with E-state index >= 15 is 0 Å². The van der Waals surface area contributed by atoms with Crippen molar-refractivity contribution >= 4 is 12.0 Å². The molecule has 1 unspecified atom stereocenters. The molecular formula is C10H16N2O4. The molecule has 0 fully saturated rings. The summed E-state index contributed by atoms with van der Waals surface area (Å²) < 4.78 is 9.79. The number of ether oxygens (including phenoxy) is 1. The zero-order valence-electron chi connectivity index (χ0n) is 9.40. The number of rotatable bonds is 6. The van der Waals surface area contributed by atoms with Gasteiger partial charge in [0.15, 0.2) is 5.69 Å². The number of aliphatic hydroxyl groups excluding tert-OH is 1. The molecule has 0 aliphatic carbocycles. The molecule has 0 aliphatic heterocycles. The van der Waals surface area contributed by atoms with E-state index in [1.54, 1.807) is 6.92 Å². The van der Waals surface area contributed by atoms with Crippen LogP contribution in [0.5, 0.6) is 0 Å². The molecule has 1 heterocycles. The number of carbonyl (C=O) groups is 1. The van der Waals surface area contributed by atoms with Crippen LogP contribution in [-0.2, 0) is 4.74 Å². The summed E-state index contributed by atoms with van der Waals surface area (Å²) in [5.41, 5.74) is 0.122. The Morgan fingerprint density at radius 2 is 2.44 bits per heavy atom. The molecule has 0 aliphatic rings. The van der Waals surface area contributed by atoms with Crippen LogP contribution in [0.15, 0.2) is 10.7 Å². The molecule has 0 saturated heterocycles. The number of nitrogens with zero attached hydrogens (tertiary/aromatic N) is 1. The maximum atomic E-state index is 11.3. The standard InChI is InChI=1S/C10H16N2O4/c1-3-7(5-13)11-10-12-8(6-16-10)9(14)15-4-2/h6-7,13H,3-5H2,1-2H3,(H,11,12). The fraction of sp³-hybridized carbons (Fsp3) is 0.600. The van der Waals surface area contributed by atoms with Gasteiger partial charge in [-0.25, -0.2) is 4.79 Å². The summed E-state index contributed by atoms with van der Waals surface area (Å²) in [6.07, 6.45) is 1.96. The van der Waals surface area contributed by atoms with Crippen LogP contribution >= 0.6 is 0 Å². The highest BCUT2D eigenvalue weighted by Crippen LogP contribution is 2.10. The Morgan fingerprint density at radius 3 is 3.00 bits per heavy atom. The molecule has 2 N–H and O–H groups in total. The Balaban J connectivity index is 2.60. The minimum absolute atomic E-state index is 0.0202. The van der Waals surface area contributed by atoms with Gasteiger partial charge in [0.25, 0.3) is 6.01 Å². The predicted molar refractivity (Wildman–Crippen MR) is 57.2 cm³/mol. The van der Waals surface area contributed by atoms with Crippen molar-refractivity contribution in [2.45, 2.75) is 26.3 Å². The van der Waals surface area contributed by atoms with Crippen LogP contribution in [0.25, 0.3) is 0 Å². The molecule has 90 valence electrons. The fourth-order valence-electron chi connectivity index (χ4n) is 1.09. The molecule has 0 saturated carbocycles. The van der Waals surface area contributed by atoms with Gasteiger partial charge in [0, 0.05) is 0 Å². The van der Waals surface area contributed by atoms with Crippen LogP contribution in [0, 0.1) is 0 Å². The lowest BCUT2D eigenvalue weighted by atomic mass is 10.2. The van der Waals surface area contributed by atoms with Gasteiger partial charge in [-0.3, -0.25) is 0 Å². The van der Waals surface area contributed by atoms with Crippen molar-refractivity contribution < 1.29 is 19.1 Å². The van der Waals surface area contributed by atoms with Crippen LogP contribution in [0.2, 0.25) is 0 Å². The maximum Gasteiger partial charge on any atom is 0.360 e. The topological polar surface area (TPSA) is 84.6 Å². The molecule has 1 aromatic rings. The van der Waals surface area contributed by atoms with E-state index in [9.17, 15) is 4.79 Å². The molecule has 0 amide bonds. The summed E-state index contributed by atoms with van der Waals surface area (Å²) in [7, 11) is 0. The third-order valence-electron chi connectivity index (χ3n) is 2.03. The highest BCUT2D eigenvalue weighted by Gasteiger charge is 2.14. The smallest absolute Gasteiger partial charge is 0.360 e. The zero-order chi connectivity index (χ0) is 12.0. The van der Waals surface area contributed by atoms with Gasteiger partial charge in [0.2, 0.25) is 0 Å². The predicted octanol–water partition coefficient (Wildman–Crippen LogP) is 1.03. The van der Waals surface area contributed by atoms with Gasteiger partial charge >= 0.3 is 5.97 Å². The first-order valence-electron chi connectivity index (χ1n) is 5.21. The van der Waals surface area contributed by atoms with Crippen molar-refractivity contribution in [3.63, 3.8) is 0 Å². The third kappa shape index (κ3) is 3.23. The number of oxazole rings is 1. The van der Waals surface area contributed by atoms with E-state index in [1.807, 2.05) is 6.92 Å². The summed E-state index contributed by atoms with van der Waals surface area (Å²) in [6.45, 7) is 3.91. The Morgan fingerprint density at radius 1 is 1.69 bits per heavy atom. The molecule has 6 heteroatoms. The van der Waals surface area contributed by atoms with E-state index in [1.165, 1.54) is 6.26 Å². The molecule has 0 bridgehead atoms. The van der Waals surface area contributed by atoms with Gasteiger partial charge in [-0.15, -0.1) is 0 Å². The monoisotopic (exact) mass is 228 g/mol. The molecule has 16 heavy (non-hydrogen) atoms. The van der Waals surface area contributed by atoms with Gasteiger partial charge in [-0.1, -0.05) is 6.92 Å². The number of aromatic nitrogens is 1. The van der Waals surface area contributed by atoms with Gasteiger partial charge in [0.1, 0.15) is 6.26 Å². The van der Waals surface area contributed by atoms with Crippen LogP contribution in [0.1, 0.15) is 30.8 Å². The Hall–Kier alpha value is -1.56. The fourth-order valence-corrected chi connectivity index (χ4v) is 1.09. The Bertz CT molecular complexity index is 333. The van der Waals surface area contributed by atoms with Crippen LogP contribution in [-0.4, -0.2) is 35.3 Å². The van der Waals surface area contributed by atoms with E-state index in [-0.39, 0.29) is 24.4 Å². The number of hydrogen-bond donors (Lipinski definition) is 2. The molecule has 0 radical (unpaired) electrons. The average Bonchev–Trinajstić information content (AvgIpc) is 2.74. The van der Waals surface area contributed by atoms with E-state index in [0.29, 0.717) is 6.61 Å². The Kier molecular flexibility index (Phi) is 4.78. The second-order valence-electron chi connectivity index (χ2n) is 3.19. The second-order valence-corrected chi connectivity index (χ2v) is 3.19. The van der Waals surface area contributed by atoms with Crippen molar-refractivity contribution in [2.75, 3.05) is 18.5 Å². The normalized spacial score (nSPS) is 12.2. The number of aliphatic hydroxyl groups is 1. The third-order valence-corrected chi connectivity index (χ3v) is 2.03. The molecule has 1 atom stereocenters. The van der Waals surface area contributed by atoms with Crippen LogP contribution < -0.4 is 5.32 Å². The van der Waals surface area contributed by atoms with Gasteiger partial charge in [-0.2, -0.15) is 4.98 Å².